The molecule has 0 aliphatic heterocycles. The lowest BCUT2D eigenvalue weighted by atomic mass is 9.93. The number of aromatic nitrogens is 2. The normalized spacial score (nSPS) is 12.7. The maximum Gasteiger partial charge on any atom is 0.0948 e. The molecule has 1 aromatic heterocycles. The fourth-order valence-electron chi connectivity index (χ4n) is 1.91. The average Bonchev–Trinajstić information content (AvgIpc) is 2.68. The van der Waals surface area contributed by atoms with E-state index in [0.717, 1.165) is 19.4 Å². The van der Waals surface area contributed by atoms with Gasteiger partial charge in [-0.1, -0.05) is 13.8 Å². The molecule has 1 heterocycles. The third kappa shape index (κ3) is 3.11. The Hall–Kier alpha value is -1.27. The molecule has 1 unspecified atom stereocenters. The van der Waals surface area contributed by atoms with Gasteiger partial charge in [0, 0.05) is 37.3 Å². The van der Waals surface area contributed by atoms with Gasteiger partial charge in [0.25, 0.3) is 0 Å². The zero-order valence-electron chi connectivity index (χ0n) is 10.2. The summed E-state index contributed by atoms with van der Waals surface area (Å²) >= 11 is 0. The summed E-state index contributed by atoms with van der Waals surface area (Å²) in [5.41, 5.74) is 7.05. The quantitative estimate of drug-likeness (QED) is 0.587. The first-order valence-corrected chi connectivity index (χ1v) is 5.84. The van der Waals surface area contributed by atoms with Crippen LogP contribution in [0.3, 0.4) is 0 Å². The molecule has 0 saturated heterocycles. The van der Waals surface area contributed by atoms with Crippen molar-refractivity contribution in [2.24, 2.45) is 11.7 Å². The Morgan fingerprint density at radius 3 is 2.88 bits per heavy atom. The summed E-state index contributed by atoms with van der Waals surface area (Å²) < 4.78 is 2.18. The minimum absolute atomic E-state index is 0.383. The number of hydrogen-bond acceptors (Lipinski definition) is 2. The fourth-order valence-corrected chi connectivity index (χ4v) is 1.91. The fraction of sp³-hybridized carbons (Fsp3) is 0.615. The molecule has 2 N–H and O–H groups in total. The highest BCUT2D eigenvalue weighted by Crippen LogP contribution is 2.23. The molecule has 16 heavy (non-hydrogen) atoms. The molecule has 3 nitrogen and oxygen atoms in total. The Morgan fingerprint density at radius 1 is 1.56 bits per heavy atom. The van der Waals surface area contributed by atoms with Crippen molar-refractivity contribution in [2.45, 2.75) is 39.2 Å². The molecule has 0 saturated carbocycles. The van der Waals surface area contributed by atoms with Crippen molar-refractivity contribution in [1.82, 2.24) is 9.55 Å². The second-order valence-corrected chi connectivity index (χ2v) is 4.41. The topological polar surface area (TPSA) is 43.8 Å². The maximum absolute atomic E-state index is 5.82. The van der Waals surface area contributed by atoms with Gasteiger partial charge in [0.2, 0.25) is 0 Å². The van der Waals surface area contributed by atoms with Crippen LogP contribution in [-0.4, -0.2) is 16.1 Å². The number of terminal acetylenes is 1. The molecule has 88 valence electrons. The standard InChI is InChI=1S/C13H21N3/c1-4-5-6-7-16-10-15-9-13(16)12(8-14)11(2)3/h1,9-12H,5-8,14H2,2-3H3. The number of unbranched alkanes of at least 4 members (excludes halogenated alkanes) is 1. The Labute approximate surface area is 98.1 Å². The van der Waals surface area contributed by atoms with E-state index in [9.17, 15) is 0 Å². The Kier molecular flexibility index (Phi) is 5.07. The van der Waals surface area contributed by atoms with E-state index in [1.54, 1.807) is 0 Å². The first-order chi connectivity index (χ1) is 7.70. The van der Waals surface area contributed by atoms with Crippen LogP contribution in [0.15, 0.2) is 12.5 Å². The molecule has 0 fully saturated rings. The van der Waals surface area contributed by atoms with Crippen molar-refractivity contribution in [3.8, 4) is 12.3 Å². The molecule has 1 aromatic rings. The van der Waals surface area contributed by atoms with Gasteiger partial charge in [0.05, 0.1) is 6.33 Å². The molecule has 0 aromatic carbocycles. The minimum Gasteiger partial charge on any atom is -0.334 e. The lowest BCUT2D eigenvalue weighted by molar-refractivity contribution is 0.469. The molecular weight excluding hydrogens is 198 g/mol. The van der Waals surface area contributed by atoms with Crippen LogP contribution in [0.5, 0.6) is 0 Å². The first kappa shape index (κ1) is 12.8. The molecule has 1 rings (SSSR count). The number of rotatable bonds is 6. The first-order valence-electron chi connectivity index (χ1n) is 5.84. The molecule has 0 amide bonds. The van der Waals surface area contributed by atoms with Crippen LogP contribution >= 0.6 is 0 Å². The van der Waals surface area contributed by atoms with Gasteiger partial charge < -0.3 is 10.3 Å². The summed E-state index contributed by atoms with van der Waals surface area (Å²) in [4.78, 5) is 4.21. The van der Waals surface area contributed by atoms with Crippen LogP contribution in [0, 0.1) is 18.3 Å². The van der Waals surface area contributed by atoms with E-state index in [2.05, 4.69) is 29.3 Å². The van der Waals surface area contributed by atoms with Gasteiger partial charge in [-0.3, -0.25) is 0 Å². The van der Waals surface area contributed by atoms with Crippen LogP contribution in [0.2, 0.25) is 0 Å². The van der Waals surface area contributed by atoms with E-state index in [1.165, 1.54) is 5.69 Å². The lowest BCUT2D eigenvalue weighted by Crippen LogP contribution is -2.21. The van der Waals surface area contributed by atoms with Crippen molar-refractivity contribution in [2.75, 3.05) is 6.54 Å². The van der Waals surface area contributed by atoms with Crippen molar-refractivity contribution >= 4 is 0 Å². The molecule has 0 aliphatic carbocycles. The van der Waals surface area contributed by atoms with Crippen molar-refractivity contribution < 1.29 is 0 Å². The Balaban J connectivity index is 2.72. The Morgan fingerprint density at radius 2 is 2.31 bits per heavy atom. The van der Waals surface area contributed by atoms with Crippen LogP contribution in [0.1, 0.15) is 38.3 Å². The smallest absolute Gasteiger partial charge is 0.0948 e. The van der Waals surface area contributed by atoms with E-state index >= 15 is 0 Å². The van der Waals surface area contributed by atoms with E-state index in [1.807, 2.05) is 12.5 Å². The zero-order valence-corrected chi connectivity index (χ0v) is 10.2. The number of hydrogen-bond donors (Lipinski definition) is 1. The van der Waals surface area contributed by atoms with Gasteiger partial charge >= 0.3 is 0 Å². The molecule has 0 radical (unpaired) electrons. The van der Waals surface area contributed by atoms with Crippen LogP contribution in [-0.2, 0) is 6.54 Å². The van der Waals surface area contributed by atoms with Gasteiger partial charge in [-0.25, -0.2) is 4.98 Å². The lowest BCUT2D eigenvalue weighted by Gasteiger charge is -2.20. The summed E-state index contributed by atoms with van der Waals surface area (Å²) in [5, 5.41) is 0. The molecular formula is C13H21N3. The second kappa shape index (κ2) is 6.34. The van der Waals surface area contributed by atoms with Crippen molar-refractivity contribution in [1.29, 1.82) is 0 Å². The van der Waals surface area contributed by atoms with E-state index in [-0.39, 0.29) is 0 Å². The van der Waals surface area contributed by atoms with E-state index < -0.39 is 0 Å². The number of nitrogens with zero attached hydrogens (tertiary/aromatic N) is 2. The summed E-state index contributed by atoms with van der Waals surface area (Å²) in [7, 11) is 0. The molecule has 1 atom stereocenters. The third-order valence-electron chi connectivity index (χ3n) is 2.90. The van der Waals surface area contributed by atoms with Gasteiger partial charge in [-0.2, -0.15) is 0 Å². The van der Waals surface area contributed by atoms with E-state index in [0.29, 0.717) is 18.4 Å². The average molecular weight is 219 g/mol. The number of nitrogens with two attached hydrogens (primary N) is 1. The zero-order chi connectivity index (χ0) is 12.0. The highest BCUT2D eigenvalue weighted by atomic mass is 15.0. The van der Waals surface area contributed by atoms with Crippen molar-refractivity contribution in [3.63, 3.8) is 0 Å². The SMILES string of the molecule is C#CCCCn1cncc1C(CN)C(C)C. The summed E-state index contributed by atoms with van der Waals surface area (Å²) in [6, 6.07) is 0. The summed E-state index contributed by atoms with van der Waals surface area (Å²) in [6.07, 6.45) is 10.8. The monoisotopic (exact) mass is 219 g/mol. The molecule has 0 bridgehead atoms. The molecule has 3 heteroatoms. The van der Waals surface area contributed by atoms with Gasteiger partial charge in [0.1, 0.15) is 0 Å². The molecule has 0 spiro atoms. The van der Waals surface area contributed by atoms with Crippen LogP contribution < -0.4 is 5.73 Å². The Bertz CT molecular complexity index is 346. The van der Waals surface area contributed by atoms with E-state index in [4.69, 9.17) is 12.2 Å². The van der Waals surface area contributed by atoms with Gasteiger partial charge in [0.15, 0.2) is 0 Å². The summed E-state index contributed by atoms with van der Waals surface area (Å²) in [5.74, 6) is 3.58. The second-order valence-electron chi connectivity index (χ2n) is 4.41. The largest absolute Gasteiger partial charge is 0.334 e. The van der Waals surface area contributed by atoms with Crippen LogP contribution in [0.4, 0.5) is 0 Å². The highest BCUT2D eigenvalue weighted by molar-refractivity contribution is 5.08. The predicted octanol–water partition coefficient (Wildman–Crippen LogP) is 1.99. The third-order valence-corrected chi connectivity index (χ3v) is 2.90. The minimum atomic E-state index is 0.383. The van der Waals surface area contributed by atoms with Crippen molar-refractivity contribution in [3.05, 3.63) is 18.2 Å². The predicted molar refractivity (Wildman–Crippen MR) is 66.9 cm³/mol. The van der Waals surface area contributed by atoms with Gasteiger partial charge in [-0.15, -0.1) is 12.3 Å². The van der Waals surface area contributed by atoms with Gasteiger partial charge in [-0.05, 0) is 12.3 Å². The molecule has 0 aliphatic rings. The highest BCUT2D eigenvalue weighted by Gasteiger charge is 2.17. The van der Waals surface area contributed by atoms with Crippen LogP contribution in [0.25, 0.3) is 0 Å². The summed E-state index contributed by atoms with van der Waals surface area (Å²) in [6.45, 7) is 5.98. The number of aryl methyl sites for hydroxylation is 1. The number of imidazole rings is 1. The maximum atomic E-state index is 5.82.